The zero-order valence-electron chi connectivity index (χ0n) is 15.3. The van der Waals surface area contributed by atoms with Crippen LogP contribution in [0.25, 0.3) is 10.9 Å². The van der Waals surface area contributed by atoms with Crippen LogP contribution in [0.4, 0.5) is 10.5 Å². The highest BCUT2D eigenvalue weighted by Crippen LogP contribution is 2.35. The van der Waals surface area contributed by atoms with E-state index in [9.17, 15) is 4.79 Å². The van der Waals surface area contributed by atoms with Crippen LogP contribution in [0.2, 0.25) is 0 Å². The standard InChI is InChI=1S/C22H24N2O2/c1-15(2)24-20-11-7-6-10-18(20)19-14-16(12-13-21(19)24)23-22(25)26-17-8-4-3-5-9-17/h3-5,8-9,12-15H,6-7,10-11H2,1-2H3,(H,23,25). The molecule has 134 valence electrons. The molecular weight excluding hydrogens is 324 g/mol. The third-order valence-corrected chi connectivity index (χ3v) is 5.03. The number of nitrogens with one attached hydrogen (secondary N) is 1. The third-order valence-electron chi connectivity index (χ3n) is 5.03. The molecule has 0 spiro atoms. The van der Waals surface area contributed by atoms with Gasteiger partial charge in [-0.3, -0.25) is 5.32 Å². The Balaban J connectivity index is 1.64. The van der Waals surface area contributed by atoms with Crippen molar-refractivity contribution in [3.05, 3.63) is 59.8 Å². The van der Waals surface area contributed by atoms with Gasteiger partial charge in [0.05, 0.1) is 0 Å². The number of benzene rings is 2. The van der Waals surface area contributed by atoms with Gasteiger partial charge in [0, 0.05) is 28.3 Å². The number of para-hydroxylation sites is 1. The molecule has 1 aromatic heterocycles. The largest absolute Gasteiger partial charge is 0.417 e. The summed E-state index contributed by atoms with van der Waals surface area (Å²) in [5.74, 6) is 0.536. The van der Waals surface area contributed by atoms with E-state index in [4.69, 9.17) is 4.74 Å². The van der Waals surface area contributed by atoms with Crippen LogP contribution in [-0.2, 0) is 12.8 Å². The Hall–Kier alpha value is -2.75. The molecule has 1 N–H and O–H groups in total. The van der Waals surface area contributed by atoms with Gasteiger partial charge in [-0.2, -0.15) is 0 Å². The smallest absolute Gasteiger partial charge is 0.410 e. The van der Waals surface area contributed by atoms with E-state index in [0.717, 1.165) is 18.5 Å². The second kappa shape index (κ2) is 6.87. The summed E-state index contributed by atoms with van der Waals surface area (Å²) in [7, 11) is 0. The molecule has 0 bridgehead atoms. The first-order valence-corrected chi connectivity index (χ1v) is 9.33. The molecule has 1 aliphatic rings. The molecule has 0 saturated heterocycles. The molecule has 1 heterocycles. The van der Waals surface area contributed by atoms with Gasteiger partial charge in [-0.05, 0) is 75.4 Å². The minimum absolute atomic E-state index is 0.432. The predicted octanol–water partition coefficient (Wildman–Crippen LogP) is 5.71. The first-order valence-electron chi connectivity index (χ1n) is 9.33. The second-order valence-corrected chi connectivity index (χ2v) is 7.16. The summed E-state index contributed by atoms with van der Waals surface area (Å²) < 4.78 is 7.79. The van der Waals surface area contributed by atoms with Gasteiger partial charge in [0.2, 0.25) is 0 Å². The molecule has 0 aliphatic heterocycles. The number of carbonyl (C=O) groups is 1. The molecule has 26 heavy (non-hydrogen) atoms. The minimum atomic E-state index is -0.465. The molecule has 3 aromatic rings. The van der Waals surface area contributed by atoms with E-state index in [1.54, 1.807) is 12.1 Å². The fourth-order valence-electron chi connectivity index (χ4n) is 3.99. The average Bonchev–Trinajstić information content (AvgIpc) is 2.96. The Bertz CT molecular complexity index is 942. The molecule has 0 fully saturated rings. The number of nitrogens with zero attached hydrogens (tertiary/aromatic N) is 1. The van der Waals surface area contributed by atoms with Gasteiger partial charge < -0.3 is 9.30 Å². The van der Waals surface area contributed by atoms with Crippen molar-refractivity contribution in [1.82, 2.24) is 4.57 Å². The monoisotopic (exact) mass is 348 g/mol. The van der Waals surface area contributed by atoms with E-state index >= 15 is 0 Å². The predicted molar refractivity (Wildman–Crippen MR) is 105 cm³/mol. The fourth-order valence-corrected chi connectivity index (χ4v) is 3.99. The number of rotatable bonds is 3. The van der Waals surface area contributed by atoms with Crippen LogP contribution in [0.1, 0.15) is 44.0 Å². The number of aryl methyl sites for hydroxylation is 1. The van der Waals surface area contributed by atoms with E-state index in [0.29, 0.717) is 11.8 Å². The first-order chi connectivity index (χ1) is 12.6. The lowest BCUT2D eigenvalue weighted by molar-refractivity contribution is 0.215. The van der Waals surface area contributed by atoms with Crippen LogP contribution in [0.15, 0.2) is 48.5 Å². The van der Waals surface area contributed by atoms with Gasteiger partial charge in [0.1, 0.15) is 5.75 Å². The summed E-state index contributed by atoms with van der Waals surface area (Å²) in [5.41, 5.74) is 4.94. The van der Waals surface area contributed by atoms with E-state index in [1.165, 1.54) is 35.0 Å². The molecule has 0 radical (unpaired) electrons. The van der Waals surface area contributed by atoms with Crippen molar-refractivity contribution in [3.63, 3.8) is 0 Å². The van der Waals surface area contributed by atoms with Gasteiger partial charge in [0.15, 0.2) is 0 Å². The SMILES string of the molecule is CC(C)n1c2c(c3cc(NC(=O)Oc4ccccc4)ccc31)CCCC2. The van der Waals surface area contributed by atoms with E-state index in [-0.39, 0.29) is 0 Å². The highest BCUT2D eigenvalue weighted by molar-refractivity contribution is 5.93. The number of amides is 1. The number of fused-ring (bicyclic) bond motifs is 3. The normalized spacial score (nSPS) is 13.7. The molecule has 0 saturated carbocycles. The van der Waals surface area contributed by atoms with Crippen LogP contribution in [0.5, 0.6) is 5.75 Å². The molecule has 1 aliphatic carbocycles. The van der Waals surface area contributed by atoms with Crippen molar-refractivity contribution < 1.29 is 9.53 Å². The summed E-state index contributed by atoms with van der Waals surface area (Å²) >= 11 is 0. The summed E-state index contributed by atoms with van der Waals surface area (Å²) in [6.45, 7) is 4.47. The van der Waals surface area contributed by atoms with Gasteiger partial charge in [-0.1, -0.05) is 18.2 Å². The Kier molecular flexibility index (Phi) is 4.41. The van der Waals surface area contributed by atoms with Crippen LogP contribution >= 0.6 is 0 Å². The fraction of sp³-hybridized carbons (Fsp3) is 0.318. The van der Waals surface area contributed by atoms with Crippen LogP contribution in [-0.4, -0.2) is 10.7 Å². The number of ether oxygens (including phenoxy) is 1. The topological polar surface area (TPSA) is 43.3 Å². The van der Waals surface area contributed by atoms with Crippen molar-refractivity contribution >= 4 is 22.7 Å². The molecule has 0 atom stereocenters. The Morgan fingerprint density at radius 2 is 1.85 bits per heavy atom. The van der Waals surface area contributed by atoms with Crippen molar-refractivity contribution in [2.24, 2.45) is 0 Å². The van der Waals surface area contributed by atoms with Gasteiger partial charge in [0.25, 0.3) is 0 Å². The summed E-state index contributed by atoms with van der Waals surface area (Å²) in [6, 6.07) is 15.7. The Morgan fingerprint density at radius 3 is 2.62 bits per heavy atom. The van der Waals surface area contributed by atoms with E-state index in [2.05, 4.69) is 35.9 Å². The lowest BCUT2D eigenvalue weighted by atomic mass is 9.95. The zero-order valence-corrected chi connectivity index (χ0v) is 15.3. The summed E-state index contributed by atoms with van der Waals surface area (Å²) in [5, 5.41) is 4.11. The van der Waals surface area contributed by atoms with Gasteiger partial charge in [-0.25, -0.2) is 4.79 Å². The van der Waals surface area contributed by atoms with Crippen molar-refractivity contribution in [1.29, 1.82) is 0 Å². The molecule has 4 nitrogen and oxygen atoms in total. The van der Waals surface area contributed by atoms with Crippen molar-refractivity contribution in [2.75, 3.05) is 5.32 Å². The Labute approximate surface area is 153 Å². The van der Waals surface area contributed by atoms with Crippen molar-refractivity contribution in [3.8, 4) is 5.75 Å². The third kappa shape index (κ3) is 3.07. The molecular formula is C22H24N2O2. The second-order valence-electron chi connectivity index (χ2n) is 7.16. The lowest BCUT2D eigenvalue weighted by Crippen LogP contribution is -2.16. The summed E-state index contributed by atoms with van der Waals surface area (Å²) in [4.78, 5) is 12.2. The van der Waals surface area contributed by atoms with Crippen molar-refractivity contribution in [2.45, 2.75) is 45.6 Å². The maximum atomic E-state index is 12.2. The maximum absolute atomic E-state index is 12.2. The Morgan fingerprint density at radius 1 is 1.08 bits per heavy atom. The molecule has 0 unspecified atom stereocenters. The van der Waals surface area contributed by atoms with E-state index < -0.39 is 6.09 Å². The molecule has 1 amide bonds. The quantitative estimate of drug-likeness (QED) is 0.658. The van der Waals surface area contributed by atoms with E-state index in [1.807, 2.05) is 24.3 Å². The van der Waals surface area contributed by atoms with Gasteiger partial charge >= 0.3 is 6.09 Å². The average molecular weight is 348 g/mol. The number of hydrogen-bond acceptors (Lipinski definition) is 2. The molecule has 4 rings (SSSR count). The first kappa shape index (κ1) is 16.7. The highest BCUT2D eigenvalue weighted by atomic mass is 16.6. The lowest BCUT2D eigenvalue weighted by Gasteiger charge is -2.18. The van der Waals surface area contributed by atoms with Crippen LogP contribution < -0.4 is 10.1 Å². The van der Waals surface area contributed by atoms with Crippen LogP contribution in [0, 0.1) is 0 Å². The van der Waals surface area contributed by atoms with Crippen LogP contribution in [0.3, 0.4) is 0 Å². The zero-order chi connectivity index (χ0) is 18.1. The summed E-state index contributed by atoms with van der Waals surface area (Å²) in [6.07, 6.45) is 4.28. The number of anilines is 1. The maximum Gasteiger partial charge on any atom is 0.417 e. The highest BCUT2D eigenvalue weighted by Gasteiger charge is 2.21. The number of carbonyl (C=O) groups excluding carboxylic acids is 1. The number of aromatic nitrogens is 1. The molecule has 4 heteroatoms. The number of hydrogen-bond donors (Lipinski definition) is 1. The minimum Gasteiger partial charge on any atom is -0.410 e. The van der Waals surface area contributed by atoms with Gasteiger partial charge in [-0.15, -0.1) is 0 Å². The molecule has 2 aromatic carbocycles.